The highest BCUT2D eigenvalue weighted by atomic mass is 32.2. The van der Waals surface area contributed by atoms with Gasteiger partial charge in [-0.05, 0) is 57.9 Å². The number of hydrogen-bond donors (Lipinski definition) is 0. The molecule has 0 spiro atoms. The summed E-state index contributed by atoms with van der Waals surface area (Å²) in [5.74, 6) is 1.75. The van der Waals surface area contributed by atoms with Gasteiger partial charge in [-0.2, -0.15) is 0 Å². The van der Waals surface area contributed by atoms with Gasteiger partial charge in [-0.15, -0.1) is 0 Å². The molecule has 4 aliphatic carbocycles. The Bertz CT molecular complexity index is 898. The maximum Gasteiger partial charge on any atom is 0.209 e. The molecule has 0 aromatic carbocycles. The third-order valence-corrected chi connectivity index (χ3v) is 10.1. The molecule has 3 nitrogen and oxygen atoms in total. The van der Waals surface area contributed by atoms with Crippen LogP contribution in [-0.2, 0) is 13.2 Å². The van der Waals surface area contributed by atoms with Crippen LogP contribution in [0.3, 0.4) is 0 Å². The Balaban J connectivity index is 1.58. The fourth-order valence-corrected chi connectivity index (χ4v) is 8.17. The van der Waals surface area contributed by atoms with Crippen LogP contribution in [0, 0.1) is 28.6 Å². The molecule has 0 amide bonds. The second-order valence-electron chi connectivity index (χ2n) is 10.9. The second-order valence-corrected chi connectivity index (χ2v) is 11.6. The third kappa shape index (κ3) is 4.49. The Kier molecular flexibility index (Phi) is 7.22. The van der Waals surface area contributed by atoms with Crippen molar-refractivity contribution in [3.05, 3.63) is 34.9 Å². The van der Waals surface area contributed by atoms with Crippen molar-refractivity contribution in [1.82, 2.24) is 0 Å². The summed E-state index contributed by atoms with van der Waals surface area (Å²) in [4.78, 5) is 12.0. The number of hydrogen-bond acceptors (Lipinski definition) is 5. The molecular weight excluding hydrogens is 446 g/mol. The molecule has 7 atom stereocenters. The zero-order chi connectivity index (χ0) is 25.2. The number of rotatable bonds is 11. The number of ketones is 1. The molecule has 33 heavy (non-hydrogen) atoms. The monoisotopic (exact) mass is 488 g/mol. The molecule has 0 heterocycles. The van der Waals surface area contributed by atoms with Gasteiger partial charge in [-0.3, -0.25) is 4.79 Å². The number of carbonyl (C=O) groups excluding carboxylic acids is 1. The minimum absolute atomic E-state index is 0.00694. The van der Waals surface area contributed by atoms with E-state index in [-0.39, 0.29) is 23.0 Å². The molecule has 4 rings (SSSR count). The Labute approximate surface area is 214 Å². The van der Waals surface area contributed by atoms with Crippen molar-refractivity contribution in [2.45, 2.75) is 91.3 Å². The van der Waals surface area contributed by atoms with Gasteiger partial charge in [0.15, 0.2) is 0 Å². The van der Waals surface area contributed by atoms with Gasteiger partial charge < -0.3 is 8.37 Å². The first-order chi connectivity index (χ1) is 16.8. The molecule has 2 saturated carbocycles. The third-order valence-electron chi connectivity index (χ3n) is 9.39. The number of fused-ring (bicyclic) bond motifs is 5. The fourth-order valence-electron chi connectivity index (χ4n) is 7.46. The molecule has 0 N–H and O–H groups in total. The summed E-state index contributed by atoms with van der Waals surface area (Å²) in [6.45, 7) is 9.11. The van der Waals surface area contributed by atoms with Crippen LogP contribution in [0.2, 0.25) is 0 Å². The molecule has 2 radical (unpaired) electrons. The van der Waals surface area contributed by atoms with Gasteiger partial charge in [0.25, 0.3) is 0 Å². The molecule has 0 saturated heterocycles. The average Bonchev–Trinajstić information content (AvgIpc) is 3.21. The Morgan fingerprint density at radius 3 is 2.82 bits per heavy atom. The van der Waals surface area contributed by atoms with E-state index in [0.717, 1.165) is 62.3 Å². The van der Waals surface area contributed by atoms with E-state index in [9.17, 15) is 4.79 Å². The predicted molar refractivity (Wildman–Crippen MR) is 143 cm³/mol. The summed E-state index contributed by atoms with van der Waals surface area (Å²) in [6.07, 6.45) is 14.5. The molecule has 7 heteroatoms. The predicted octanol–water partition coefficient (Wildman–Crippen LogP) is 6.11. The van der Waals surface area contributed by atoms with Crippen molar-refractivity contribution in [1.29, 1.82) is 2.67 Å². The number of allylic oxidation sites excluding steroid dienone is 5. The van der Waals surface area contributed by atoms with Crippen molar-refractivity contribution in [3.8, 4) is 0 Å². The standard InChI is InChI=1S/C26H38B2O3S2/c1-5-18(29)8-6-16(2)21-10-11-22-20-9-7-17-14-19(30-32-27)15-24(31-33-28)26(17,4)23(20)12-13-25(21,22)3/h7,9-10,16,19,22-24,27-28H,5-6,8,11-15H2,1-4H3/t16-,19+,22?,23?,24-,25+,26-/m0/s1/i27T,28T. The number of Topliss-reactive ketones (excluding diaryl/α,β-unsaturated/α-hetero) is 1. The highest BCUT2D eigenvalue weighted by molar-refractivity contribution is 8.16. The summed E-state index contributed by atoms with van der Waals surface area (Å²) in [5, 5.41) is 0. The van der Waals surface area contributed by atoms with E-state index in [1.807, 2.05) is 6.92 Å². The largest absolute Gasteiger partial charge is 0.324 e. The molecule has 0 bridgehead atoms. The van der Waals surface area contributed by atoms with E-state index >= 15 is 0 Å². The molecular formula is C26H38B2O3S2. The molecule has 0 aromatic heterocycles. The van der Waals surface area contributed by atoms with E-state index in [1.54, 1.807) is 11.1 Å². The van der Waals surface area contributed by atoms with Crippen LogP contribution in [-0.4, -0.2) is 34.8 Å². The van der Waals surface area contributed by atoms with E-state index in [0.29, 0.717) is 36.4 Å². The first-order valence-electron chi connectivity index (χ1n) is 13.6. The summed E-state index contributed by atoms with van der Waals surface area (Å²) >= 11 is 2.20. The lowest BCUT2D eigenvalue weighted by molar-refractivity contribution is -0.119. The van der Waals surface area contributed by atoms with Crippen molar-refractivity contribution >= 4 is 43.7 Å². The van der Waals surface area contributed by atoms with Crippen LogP contribution in [0.15, 0.2) is 34.9 Å². The van der Waals surface area contributed by atoms with Crippen LogP contribution in [0.1, 0.15) is 79.1 Å². The SMILES string of the molecule is [3H][B]SO[C@@H]1CC2=CC=C3C(CC[C@]4(C)C([C@@H](C)CCC(=O)CC)=CCC34)[C@@]2(C)[C@@H](OS[B][3H])C1. The van der Waals surface area contributed by atoms with Gasteiger partial charge >= 0.3 is 0 Å². The molecule has 2 fully saturated rings. The van der Waals surface area contributed by atoms with Crippen molar-refractivity contribution in [2.24, 2.45) is 28.6 Å². The van der Waals surface area contributed by atoms with Crippen LogP contribution in [0.4, 0.5) is 0 Å². The van der Waals surface area contributed by atoms with Crippen LogP contribution in [0.25, 0.3) is 0 Å². The average molecular weight is 488 g/mol. The Morgan fingerprint density at radius 1 is 1.27 bits per heavy atom. The normalized spacial score (nSPS) is 39.0. The summed E-state index contributed by atoms with van der Waals surface area (Å²) in [6, 6.07) is 0. The van der Waals surface area contributed by atoms with Crippen LogP contribution in [0.5, 0.6) is 0 Å². The number of carbonyl (C=O) groups is 1. The van der Waals surface area contributed by atoms with Crippen LogP contribution < -0.4 is 0 Å². The minimum atomic E-state index is -0.113. The quantitative estimate of drug-likeness (QED) is 0.199. The van der Waals surface area contributed by atoms with Crippen molar-refractivity contribution in [3.63, 3.8) is 0 Å². The lowest BCUT2D eigenvalue weighted by Crippen LogP contribution is -2.52. The lowest BCUT2D eigenvalue weighted by Gasteiger charge is -2.57. The summed E-state index contributed by atoms with van der Waals surface area (Å²) in [7, 11) is 2.49. The van der Waals surface area contributed by atoms with Gasteiger partial charge in [0.1, 0.15) is 5.78 Å². The van der Waals surface area contributed by atoms with Gasteiger partial charge in [0, 0.05) is 24.7 Å². The van der Waals surface area contributed by atoms with Gasteiger partial charge in [-0.25, -0.2) is 0 Å². The zero-order valence-electron chi connectivity index (χ0n) is 22.5. The Hall–Kier alpha value is -0.360. The van der Waals surface area contributed by atoms with Crippen molar-refractivity contribution < 1.29 is 13.2 Å². The first kappa shape index (κ1) is 23.1. The summed E-state index contributed by atoms with van der Waals surface area (Å²) in [5.41, 5.74) is 4.57. The maximum absolute atomic E-state index is 12.0. The van der Waals surface area contributed by atoms with E-state index < -0.39 is 0 Å². The zero-order valence-corrected chi connectivity index (χ0v) is 22.1. The lowest BCUT2D eigenvalue weighted by atomic mass is 9.49. The van der Waals surface area contributed by atoms with Gasteiger partial charge in [-0.1, -0.05) is 86.4 Å². The minimum Gasteiger partial charge on any atom is -0.324 e. The Morgan fingerprint density at radius 2 is 2.06 bits per heavy atom. The smallest absolute Gasteiger partial charge is 0.209 e. The van der Waals surface area contributed by atoms with Gasteiger partial charge in [0.2, 0.25) is 14.2 Å². The molecule has 178 valence electrons. The highest BCUT2D eigenvalue weighted by Gasteiger charge is 2.57. The molecule has 4 aliphatic rings. The molecule has 2 unspecified atom stereocenters. The fraction of sp³-hybridized carbons (Fsp3) is 0.731. The van der Waals surface area contributed by atoms with Gasteiger partial charge in [0.05, 0.1) is 12.2 Å². The first-order valence-corrected chi connectivity index (χ1v) is 14.1. The van der Waals surface area contributed by atoms with Crippen LogP contribution >= 0.6 is 23.8 Å². The van der Waals surface area contributed by atoms with E-state index in [4.69, 9.17) is 11.0 Å². The van der Waals surface area contributed by atoms with E-state index in [1.165, 1.54) is 19.7 Å². The van der Waals surface area contributed by atoms with E-state index in [2.05, 4.69) is 39.0 Å². The molecule has 0 aliphatic heterocycles. The summed E-state index contributed by atoms with van der Waals surface area (Å²) < 4.78 is 26.9. The molecule has 0 aromatic rings. The van der Waals surface area contributed by atoms with Crippen molar-refractivity contribution in [2.75, 3.05) is 0 Å². The maximum atomic E-state index is 12.0. The highest BCUT2D eigenvalue weighted by Crippen LogP contribution is 2.65. The second kappa shape index (κ2) is 10.3. The topological polar surface area (TPSA) is 35.5 Å².